The van der Waals surface area contributed by atoms with Crippen molar-refractivity contribution in [2.75, 3.05) is 0 Å². The van der Waals surface area contributed by atoms with Crippen LogP contribution in [-0.4, -0.2) is 0 Å². The van der Waals surface area contributed by atoms with Gasteiger partial charge >= 0.3 is 0 Å². The Bertz CT molecular complexity index is 5700. The Balaban J connectivity index is 0.933. The van der Waals surface area contributed by atoms with E-state index in [1.807, 2.05) is 175 Å². The Morgan fingerprint density at radius 1 is 0.385 bits per heavy atom. The van der Waals surface area contributed by atoms with E-state index in [2.05, 4.69) is 96.1 Å². The quantitative estimate of drug-likeness (QED) is 0.143. The zero-order chi connectivity index (χ0) is 47.6. The molecule has 0 radical (unpaired) electrons. The van der Waals surface area contributed by atoms with Gasteiger partial charge in [0, 0.05) is 10.3 Å². The van der Waals surface area contributed by atoms with Gasteiger partial charge in [0.25, 0.3) is 0 Å². The molecule has 1 heterocycles. The van der Waals surface area contributed by atoms with Crippen molar-refractivity contribution in [2.24, 2.45) is 17.8 Å². The summed E-state index contributed by atoms with van der Waals surface area (Å²) in [5.74, 6) is 14.5. The average Bonchev–Trinajstić information content (AvgIpc) is 1.61. The first-order chi connectivity index (χ1) is 38.6. The fourth-order valence-electron chi connectivity index (χ4n) is 34.1. The lowest BCUT2D eigenvalue weighted by atomic mass is 9.39. The summed E-state index contributed by atoms with van der Waals surface area (Å²) < 4.78 is 0.0392. The minimum Gasteiger partial charge on any atom is -0.112 e. The van der Waals surface area contributed by atoms with Gasteiger partial charge in [-0.1, -0.05) is 59.4 Å². The van der Waals surface area contributed by atoms with Gasteiger partial charge in [0.1, 0.15) is 0 Å². The summed E-state index contributed by atoms with van der Waals surface area (Å²) in [6, 6.07) is 5.67. The largest absolute Gasteiger partial charge is 0.112 e. The number of thioether (sulfide) groups is 1. The highest BCUT2D eigenvalue weighted by molar-refractivity contribution is 8.00. The molecule has 78 heavy (non-hydrogen) atoms. The van der Waals surface area contributed by atoms with Crippen LogP contribution in [-0.2, 0) is 16.6 Å². The molecule has 0 saturated heterocycles. The van der Waals surface area contributed by atoms with E-state index in [0.29, 0.717) is 124 Å². The molecule has 360 valence electrons. The van der Waals surface area contributed by atoms with Crippen molar-refractivity contribution in [2.45, 2.75) is 187 Å². The van der Waals surface area contributed by atoms with Crippen molar-refractivity contribution >= 4 is 97.9 Å². The molecule has 0 N–H and O–H groups in total. The summed E-state index contributed by atoms with van der Waals surface area (Å²) in [6.07, 6.45) is 6.67. The van der Waals surface area contributed by atoms with E-state index in [4.69, 9.17) is 0 Å². The molecule has 34 rings (SSSR count). The van der Waals surface area contributed by atoms with E-state index in [1.54, 1.807) is 10.5 Å². The maximum Gasteiger partial charge on any atom is 0.0645 e. The average molecular weight is 1000 g/mol. The maximum absolute atomic E-state index is 2.87. The molecule has 1 fully saturated rings. The zero-order valence-electron chi connectivity index (χ0n) is 43.8. The van der Waals surface area contributed by atoms with Crippen LogP contribution in [0.15, 0.2) is 17.0 Å². The number of hydrogen-bond acceptors (Lipinski definition) is 1. The summed E-state index contributed by atoms with van der Waals surface area (Å²) in [6.45, 7) is 10.4. The van der Waals surface area contributed by atoms with Gasteiger partial charge < -0.3 is 0 Å². The van der Waals surface area contributed by atoms with E-state index in [1.165, 1.54) is 32.1 Å². The monoisotopic (exact) mass is 1000 g/mol. The van der Waals surface area contributed by atoms with E-state index >= 15 is 0 Å². The number of hydrogen-bond donors (Lipinski definition) is 0. The summed E-state index contributed by atoms with van der Waals surface area (Å²) in [7, 11) is 0. The predicted molar refractivity (Wildman–Crippen MR) is 308 cm³/mol. The smallest absolute Gasteiger partial charge is 0.0645 e. The molecule has 23 unspecified atom stereocenters. The molecule has 0 nitrogen and oxygen atoms in total. The topological polar surface area (TPSA) is 0 Å². The van der Waals surface area contributed by atoms with Crippen molar-refractivity contribution in [1.29, 1.82) is 0 Å². The predicted octanol–water partition coefficient (Wildman–Crippen LogP) is 18.4. The highest BCUT2D eigenvalue weighted by Gasteiger charge is 2.90. The second-order valence-corrected chi connectivity index (χ2v) is 34.2. The fraction of sp³-hybridized carbons (Fsp3) is 0.429. The van der Waals surface area contributed by atoms with Crippen LogP contribution >= 0.6 is 11.8 Å². The first kappa shape index (κ1) is 34.0. The molecular weight excluding hydrogens is 957 g/mol. The van der Waals surface area contributed by atoms with Gasteiger partial charge in [0.2, 0.25) is 0 Å². The van der Waals surface area contributed by atoms with Crippen LogP contribution in [0.3, 0.4) is 0 Å². The lowest BCUT2D eigenvalue weighted by Gasteiger charge is -2.65. The molecule has 2 spiro atoms. The summed E-state index contributed by atoms with van der Waals surface area (Å²) >= 11 is 2.64. The van der Waals surface area contributed by atoms with Crippen LogP contribution in [0.2, 0.25) is 0 Å². The Hall–Kier alpha value is -5.37. The number of fused-ring (bicyclic) bond motifs is 1. The normalized spacial score (nSPS) is 44.8. The van der Waals surface area contributed by atoms with Crippen molar-refractivity contribution < 1.29 is 0 Å². The first-order valence-corrected chi connectivity index (χ1v) is 33.5. The van der Waals surface area contributed by atoms with Crippen LogP contribution in [0.25, 0.3) is 97.3 Å². The van der Waals surface area contributed by atoms with Gasteiger partial charge in [-0.15, -0.1) is 11.8 Å². The van der Waals surface area contributed by atoms with E-state index in [9.17, 15) is 0 Å². The zero-order valence-corrected chi connectivity index (χ0v) is 44.6. The minimum atomic E-state index is 0.00128. The molecule has 1 saturated carbocycles. The van der Waals surface area contributed by atoms with E-state index in [0.717, 1.165) is 5.92 Å². The van der Waals surface area contributed by atoms with Crippen LogP contribution in [0.1, 0.15) is 294 Å². The molecule has 1 aliphatic heterocycles. The lowest BCUT2D eigenvalue weighted by molar-refractivity contribution is 0.0336. The molecule has 11 aromatic rings. The Morgan fingerprint density at radius 2 is 0.744 bits per heavy atom. The van der Waals surface area contributed by atoms with E-state index < -0.39 is 0 Å². The Morgan fingerprint density at radius 3 is 1.19 bits per heavy atom. The van der Waals surface area contributed by atoms with Crippen LogP contribution in [0, 0.1) is 17.8 Å². The summed E-state index contributed by atoms with van der Waals surface area (Å²) in [4.78, 5) is 1.78. The second kappa shape index (κ2) is 8.37. The van der Waals surface area contributed by atoms with Gasteiger partial charge in [-0.3, -0.25) is 0 Å². The summed E-state index contributed by atoms with van der Waals surface area (Å²) in [5.41, 5.74) is 50.5. The highest BCUT2D eigenvalue weighted by Crippen LogP contribution is 3.01. The lowest BCUT2D eigenvalue weighted by Crippen LogP contribution is -2.62. The molecule has 22 aliphatic carbocycles. The van der Waals surface area contributed by atoms with E-state index in [-0.39, 0.29) is 10.2 Å². The molecule has 0 amide bonds. The first-order valence-electron chi connectivity index (χ1n) is 32.7. The van der Waals surface area contributed by atoms with Gasteiger partial charge in [-0.2, -0.15) is 0 Å². The van der Waals surface area contributed by atoms with Gasteiger partial charge in [-0.25, -0.2) is 0 Å². The third-order valence-electron chi connectivity index (χ3n) is 33.1. The minimum absolute atomic E-state index is 0.00128. The Kier molecular flexibility index (Phi) is 3.65. The van der Waals surface area contributed by atoms with Crippen molar-refractivity contribution in [3.63, 3.8) is 0 Å². The fourth-order valence-corrected chi connectivity index (χ4v) is 36.2. The van der Waals surface area contributed by atoms with Crippen molar-refractivity contribution in [3.8, 4) is 11.1 Å². The molecule has 0 bridgehead atoms. The van der Waals surface area contributed by atoms with Crippen molar-refractivity contribution in [3.05, 3.63) is 140 Å². The third-order valence-corrected chi connectivity index (χ3v) is 34.8. The maximum atomic E-state index is 2.87. The summed E-state index contributed by atoms with van der Waals surface area (Å²) in [5, 5.41) is 30.9. The molecular formula is C77H46S. The molecule has 0 aromatic heterocycles. The Labute approximate surface area is 451 Å². The molecule has 23 atom stereocenters. The van der Waals surface area contributed by atoms with Gasteiger partial charge in [0.05, 0.1) is 4.75 Å². The third kappa shape index (κ3) is 2.04. The number of benzene rings is 10. The van der Waals surface area contributed by atoms with Crippen molar-refractivity contribution in [1.82, 2.24) is 0 Å². The highest BCUT2D eigenvalue weighted by atomic mass is 32.2. The molecule has 23 aliphatic rings. The SMILES string of the molecule is CCCCC(CC)Cc1ccc2c(c1C(C)C)C13c4c5c6c7c8c9c%10c%11c%12c%13c%14c%15c(c%16c%13c%10c7c4-%16)C1(S2)C1C%15C2c4c7c%10c%13c%15c%16c%17c%18c%19c%20c%21c%22c%23c(c4c4c%22c%19c%16c%104)C2C%14C%12C%23C%21C%11C9C%20C%18C8C6C%17C%15C5C3C%13C71. The molecule has 11 aromatic carbocycles. The number of rotatable bonds is 7. The second-order valence-electron chi connectivity index (χ2n) is 32.9. The number of unbranched alkanes of at least 4 members (excludes halogenated alkanes) is 1. The van der Waals surface area contributed by atoms with Crippen LogP contribution < -0.4 is 0 Å². The van der Waals surface area contributed by atoms with Crippen LogP contribution in [0.5, 0.6) is 0 Å². The van der Waals surface area contributed by atoms with Gasteiger partial charge in [0.15, 0.2) is 0 Å². The standard InChI is InChI=1S/C77H46S/c1-5-7-8-13(6-2)11-14-9-10-15-71(16(14)12(3)4)76-72-63-55-45-35-27-19-17-18-21-25-23(19)31-39-33(25)43-37-29(21)30-22(18)26-24-20(17)28(27)36-42-32(24)40-34(26)44-38(30)48-47(37)59-53(43)61-51(39)57(49(55)41(31)35)65(72)67(61)74-69(59)70-60(48)54(44)62-52(40)58-50(42)56(46(36)45)64(63)73(76)66(58)68(62)75(70)77(74,76)78-15/h9-10,12-13,19,21,23,25,27,29,35,37,45-48,56,60,64,66,68,70,73,75H,5-8,11H2,1-4H3. The molecule has 1 heteroatoms. The van der Waals surface area contributed by atoms with Crippen LogP contribution in [0.4, 0.5) is 0 Å². The van der Waals surface area contributed by atoms with Gasteiger partial charge in [-0.05, 0) is 368 Å².